The first-order valence-corrected chi connectivity index (χ1v) is 4.49. The van der Waals surface area contributed by atoms with Crippen molar-refractivity contribution < 1.29 is 18.8 Å². The van der Waals surface area contributed by atoms with Gasteiger partial charge in [0.25, 0.3) is 0 Å². The van der Waals surface area contributed by atoms with Crippen LogP contribution >= 0.6 is 7.60 Å². The van der Waals surface area contributed by atoms with Gasteiger partial charge in [-0.05, 0) is 6.92 Å². The van der Waals surface area contributed by atoms with Crippen molar-refractivity contribution in [2.75, 3.05) is 12.8 Å². The first kappa shape index (κ1) is 9.62. The molecular formula is C4H10NO4P. The maximum atomic E-state index is 10.7. The minimum atomic E-state index is -3.72. The molecule has 0 radical (unpaired) electrons. The Labute approximate surface area is 58.7 Å². The van der Waals surface area contributed by atoms with Gasteiger partial charge in [-0.25, -0.2) is 0 Å². The van der Waals surface area contributed by atoms with Crippen LogP contribution in [0.2, 0.25) is 0 Å². The molecule has 1 amide bonds. The molecule has 0 aromatic rings. The molecule has 0 aliphatic heterocycles. The maximum absolute atomic E-state index is 10.7. The maximum Gasteiger partial charge on any atom is 0.337 e. The van der Waals surface area contributed by atoms with Crippen molar-refractivity contribution in [1.29, 1.82) is 0 Å². The van der Waals surface area contributed by atoms with Crippen LogP contribution in [0.4, 0.5) is 0 Å². The molecule has 0 aliphatic carbocycles. The van der Waals surface area contributed by atoms with E-state index in [0.717, 1.165) is 0 Å². The molecule has 0 heterocycles. The predicted molar refractivity (Wildman–Crippen MR) is 35.5 cm³/mol. The molecule has 0 saturated heterocycles. The summed E-state index contributed by atoms with van der Waals surface area (Å²) in [5, 5.41) is 0. The van der Waals surface area contributed by atoms with Crippen molar-refractivity contribution in [3.63, 3.8) is 0 Å². The quantitative estimate of drug-likeness (QED) is 0.562. The van der Waals surface area contributed by atoms with Gasteiger partial charge in [0, 0.05) is 0 Å². The number of primary amides is 1. The zero-order chi connectivity index (χ0) is 8.20. The van der Waals surface area contributed by atoms with Crippen molar-refractivity contribution in [2.45, 2.75) is 6.92 Å². The Bertz CT molecular complexity index is 169. The summed E-state index contributed by atoms with van der Waals surface area (Å²) in [4.78, 5) is 18.8. The number of hydrogen-bond donors (Lipinski definition) is 2. The van der Waals surface area contributed by atoms with Gasteiger partial charge in [0.2, 0.25) is 5.91 Å². The van der Waals surface area contributed by atoms with E-state index in [1.807, 2.05) is 0 Å². The number of carbonyl (C=O) groups is 1. The molecule has 0 aliphatic rings. The number of hydrogen-bond acceptors (Lipinski definition) is 3. The van der Waals surface area contributed by atoms with Gasteiger partial charge in [0.1, 0.15) is 6.16 Å². The van der Waals surface area contributed by atoms with Gasteiger partial charge in [-0.2, -0.15) is 0 Å². The lowest BCUT2D eigenvalue weighted by molar-refractivity contribution is -0.115. The monoisotopic (exact) mass is 167 g/mol. The zero-order valence-electron chi connectivity index (χ0n) is 5.61. The lowest BCUT2D eigenvalue weighted by Gasteiger charge is -2.06. The van der Waals surface area contributed by atoms with Crippen LogP contribution in [0, 0.1) is 0 Å². The Hall–Kier alpha value is -0.380. The van der Waals surface area contributed by atoms with E-state index in [-0.39, 0.29) is 6.61 Å². The van der Waals surface area contributed by atoms with Crippen LogP contribution in [0.25, 0.3) is 0 Å². The largest absolute Gasteiger partial charge is 0.369 e. The number of rotatable bonds is 4. The summed E-state index contributed by atoms with van der Waals surface area (Å²) in [6.45, 7) is 1.66. The molecule has 1 unspecified atom stereocenters. The third kappa shape index (κ3) is 4.49. The van der Waals surface area contributed by atoms with E-state index >= 15 is 0 Å². The van der Waals surface area contributed by atoms with Gasteiger partial charge < -0.3 is 15.2 Å². The summed E-state index contributed by atoms with van der Waals surface area (Å²) in [5.74, 6) is -0.834. The molecule has 0 spiro atoms. The highest BCUT2D eigenvalue weighted by Crippen LogP contribution is 2.40. The molecule has 0 saturated carbocycles. The standard InChI is InChI=1S/C4H10NO4P/c1-2-9-10(7,8)3-4(5)6/h2-3H2,1H3,(H2,5,6)(H,7,8). The van der Waals surface area contributed by atoms with E-state index in [1.54, 1.807) is 6.92 Å². The fraction of sp³-hybridized carbons (Fsp3) is 0.750. The van der Waals surface area contributed by atoms with E-state index in [2.05, 4.69) is 10.3 Å². The minimum Gasteiger partial charge on any atom is -0.369 e. The summed E-state index contributed by atoms with van der Waals surface area (Å²) in [6.07, 6.45) is -0.610. The van der Waals surface area contributed by atoms with Crippen molar-refractivity contribution in [3.05, 3.63) is 0 Å². The van der Waals surface area contributed by atoms with Crippen molar-refractivity contribution >= 4 is 13.5 Å². The molecule has 3 N–H and O–H groups in total. The average molecular weight is 167 g/mol. The van der Waals surface area contributed by atoms with Gasteiger partial charge in [0.05, 0.1) is 6.61 Å². The molecule has 0 aromatic carbocycles. The van der Waals surface area contributed by atoms with E-state index in [1.165, 1.54) is 0 Å². The minimum absolute atomic E-state index is 0.0983. The summed E-state index contributed by atoms with van der Waals surface area (Å²) >= 11 is 0. The van der Waals surface area contributed by atoms with E-state index < -0.39 is 19.7 Å². The number of carbonyl (C=O) groups excluding carboxylic acids is 1. The molecule has 0 rings (SSSR count). The van der Waals surface area contributed by atoms with Crippen LogP contribution in [0.5, 0.6) is 0 Å². The van der Waals surface area contributed by atoms with Crippen LogP contribution < -0.4 is 5.73 Å². The van der Waals surface area contributed by atoms with Gasteiger partial charge >= 0.3 is 7.60 Å². The van der Waals surface area contributed by atoms with Gasteiger partial charge in [-0.1, -0.05) is 0 Å². The second-order valence-corrected chi connectivity index (χ2v) is 3.53. The molecule has 60 valence electrons. The smallest absolute Gasteiger partial charge is 0.337 e. The molecule has 0 aromatic heterocycles. The van der Waals surface area contributed by atoms with Crippen molar-refractivity contribution in [2.24, 2.45) is 5.73 Å². The second kappa shape index (κ2) is 3.71. The Morgan fingerprint density at radius 2 is 2.30 bits per heavy atom. The van der Waals surface area contributed by atoms with Crippen LogP contribution in [0.1, 0.15) is 6.92 Å². The summed E-state index contributed by atoms with van der Waals surface area (Å²) in [7, 11) is -3.72. The van der Waals surface area contributed by atoms with Crippen LogP contribution in [-0.2, 0) is 13.9 Å². The Morgan fingerprint density at radius 1 is 1.80 bits per heavy atom. The Morgan fingerprint density at radius 3 is 2.60 bits per heavy atom. The third-order valence-corrected chi connectivity index (χ3v) is 2.06. The normalized spacial score (nSPS) is 16.2. The lowest BCUT2D eigenvalue weighted by atomic mass is 10.8. The molecule has 5 nitrogen and oxygen atoms in total. The molecule has 0 bridgehead atoms. The first-order chi connectivity index (χ1) is 4.48. The fourth-order valence-corrected chi connectivity index (χ4v) is 1.33. The molecule has 1 atom stereocenters. The van der Waals surface area contributed by atoms with Gasteiger partial charge in [-0.3, -0.25) is 9.36 Å². The Kier molecular flexibility index (Phi) is 3.57. The van der Waals surface area contributed by atoms with E-state index in [0.29, 0.717) is 0 Å². The SMILES string of the molecule is CCOP(=O)(O)CC(N)=O. The highest BCUT2D eigenvalue weighted by atomic mass is 31.2. The zero-order valence-corrected chi connectivity index (χ0v) is 6.51. The van der Waals surface area contributed by atoms with Gasteiger partial charge in [0.15, 0.2) is 0 Å². The van der Waals surface area contributed by atoms with E-state index in [9.17, 15) is 9.36 Å². The molecule has 0 fully saturated rings. The van der Waals surface area contributed by atoms with Crippen LogP contribution in [0.15, 0.2) is 0 Å². The summed E-state index contributed by atoms with van der Waals surface area (Å²) in [5.41, 5.74) is 4.66. The molecule has 10 heavy (non-hydrogen) atoms. The molecular weight excluding hydrogens is 157 g/mol. The third-order valence-electron chi connectivity index (χ3n) is 0.686. The highest BCUT2D eigenvalue weighted by Gasteiger charge is 2.20. The topological polar surface area (TPSA) is 89.6 Å². The fourth-order valence-electron chi connectivity index (χ4n) is 0.444. The predicted octanol–water partition coefficient (Wildman–Crippen LogP) is -0.306. The van der Waals surface area contributed by atoms with Crippen LogP contribution in [0.3, 0.4) is 0 Å². The first-order valence-electron chi connectivity index (χ1n) is 2.72. The number of amides is 1. The lowest BCUT2D eigenvalue weighted by Crippen LogP contribution is -2.16. The van der Waals surface area contributed by atoms with Crippen LogP contribution in [-0.4, -0.2) is 23.6 Å². The highest BCUT2D eigenvalue weighted by molar-refractivity contribution is 7.53. The van der Waals surface area contributed by atoms with E-state index in [4.69, 9.17) is 4.89 Å². The summed E-state index contributed by atoms with van der Waals surface area (Å²) < 4.78 is 15.0. The van der Waals surface area contributed by atoms with Gasteiger partial charge in [-0.15, -0.1) is 0 Å². The number of nitrogens with two attached hydrogens (primary N) is 1. The summed E-state index contributed by atoms with van der Waals surface area (Å²) in [6, 6.07) is 0. The molecule has 6 heteroatoms. The Balaban J connectivity index is 3.87. The van der Waals surface area contributed by atoms with Crippen molar-refractivity contribution in [1.82, 2.24) is 0 Å². The van der Waals surface area contributed by atoms with Crippen molar-refractivity contribution in [3.8, 4) is 0 Å². The second-order valence-electron chi connectivity index (χ2n) is 1.68. The average Bonchev–Trinajstić information content (AvgIpc) is 1.59.